The highest BCUT2D eigenvalue weighted by Crippen LogP contribution is 2.50. The Morgan fingerprint density at radius 3 is 2.27 bits per heavy atom. The first-order valence-electron chi connectivity index (χ1n) is 8.99. The molecule has 0 bridgehead atoms. The van der Waals surface area contributed by atoms with Gasteiger partial charge >= 0.3 is 12.1 Å². The third-order valence-corrected chi connectivity index (χ3v) is 5.97. The van der Waals surface area contributed by atoms with E-state index in [0.29, 0.717) is 12.5 Å². The topological polar surface area (TPSA) is 66.8 Å². The molecule has 5 nitrogen and oxygen atoms in total. The number of likely N-dealkylation sites (tertiary alicyclic amines) is 1. The maximum Gasteiger partial charge on any atom is 0.410 e. The highest BCUT2D eigenvalue weighted by Gasteiger charge is 2.57. The summed E-state index contributed by atoms with van der Waals surface area (Å²) >= 11 is 0. The fraction of sp³-hybridized carbons (Fsp3) is 0.333. The summed E-state index contributed by atoms with van der Waals surface area (Å²) in [6, 6.07) is 15.6. The van der Waals surface area contributed by atoms with Crippen LogP contribution in [-0.2, 0) is 9.53 Å². The lowest BCUT2D eigenvalue weighted by molar-refractivity contribution is -0.142. The Morgan fingerprint density at radius 2 is 1.65 bits per heavy atom. The van der Waals surface area contributed by atoms with Crippen LogP contribution in [0.5, 0.6) is 0 Å². The standard InChI is InChI=1S/C21H19NO4/c23-20(24)19-17-9-12(17)10-22(19)21(25)26-11-18-15-7-3-1-5-13(15)14-6-2-4-8-16(14)18/h1-8,12,17-19H,9-11H2,(H,23,24)/t12-,17+,19+/m1/s1. The molecule has 2 aromatic rings. The monoisotopic (exact) mass is 349 g/mol. The molecule has 2 fully saturated rings. The van der Waals surface area contributed by atoms with Gasteiger partial charge in [-0.2, -0.15) is 0 Å². The van der Waals surface area contributed by atoms with Crippen molar-refractivity contribution in [1.29, 1.82) is 0 Å². The molecule has 1 heterocycles. The minimum atomic E-state index is -0.927. The van der Waals surface area contributed by atoms with Crippen LogP contribution in [0.2, 0.25) is 0 Å². The number of aliphatic carboxylic acids is 1. The summed E-state index contributed by atoms with van der Waals surface area (Å²) in [4.78, 5) is 25.4. The predicted octanol–water partition coefficient (Wildman–Crippen LogP) is 3.34. The first kappa shape index (κ1) is 15.4. The molecule has 1 N–H and O–H groups in total. The van der Waals surface area contributed by atoms with Crippen molar-refractivity contribution in [3.8, 4) is 11.1 Å². The highest BCUT2D eigenvalue weighted by molar-refractivity contribution is 5.82. The van der Waals surface area contributed by atoms with Crippen LogP contribution in [0.3, 0.4) is 0 Å². The Bertz CT molecular complexity index is 863. The number of carbonyl (C=O) groups is 2. The molecule has 5 rings (SSSR count). The van der Waals surface area contributed by atoms with Crippen molar-refractivity contribution in [2.24, 2.45) is 11.8 Å². The molecular weight excluding hydrogens is 330 g/mol. The van der Waals surface area contributed by atoms with Crippen molar-refractivity contribution in [3.63, 3.8) is 0 Å². The zero-order valence-corrected chi connectivity index (χ0v) is 14.2. The number of carboxylic acid groups (broad SMARTS) is 1. The number of carboxylic acids is 1. The fourth-order valence-corrected chi connectivity index (χ4v) is 4.65. The normalized spacial score (nSPS) is 25.4. The molecule has 1 saturated carbocycles. The van der Waals surface area contributed by atoms with Gasteiger partial charge in [0.1, 0.15) is 12.6 Å². The van der Waals surface area contributed by atoms with Crippen molar-refractivity contribution in [2.75, 3.05) is 13.2 Å². The summed E-state index contributed by atoms with van der Waals surface area (Å²) in [5.74, 6) is -0.500. The van der Waals surface area contributed by atoms with E-state index in [4.69, 9.17) is 4.74 Å². The zero-order chi connectivity index (χ0) is 17.8. The summed E-state index contributed by atoms with van der Waals surface area (Å²) in [7, 11) is 0. The number of hydrogen-bond acceptors (Lipinski definition) is 3. The van der Waals surface area contributed by atoms with Crippen molar-refractivity contribution >= 4 is 12.1 Å². The summed E-state index contributed by atoms with van der Waals surface area (Å²) in [5, 5.41) is 9.42. The minimum Gasteiger partial charge on any atom is -0.480 e. The molecular formula is C21H19NO4. The van der Waals surface area contributed by atoms with E-state index < -0.39 is 18.1 Å². The summed E-state index contributed by atoms with van der Waals surface area (Å²) in [6.07, 6.45) is 0.399. The number of fused-ring (bicyclic) bond motifs is 4. The Morgan fingerprint density at radius 1 is 1.04 bits per heavy atom. The van der Waals surface area contributed by atoms with E-state index >= 15 is 0 Å². The maximum absolute atomic E-state index is 12.5. The fourth-order valence-electron chi connectivity index (χ4n) is 4.65. The predicted molar refractivity (Wildman–Crippen MR) is 94.8 cm³/mol. The van der Waals surface area contributed by atoms with Gasteiger partial charge in [0.05, 0.1) is 0 Å². The largest absolute Gasteiger partial charge is 0.480 e. The molecule has 3 aliphatic rings. The molecule has 132 valence electrons. The van der Waals surface area contributed by atoms with Gasteiger partial charge in [-0.15, -0.1) is 0 Å². The number of piperidine rings is 1. The minimum absolute atomic E-state index is 0.00762. The van der Waals surface area contributed by atoms with Crippen LogP contribution < -0.4 is 0 Å². The number of benzene rings is 2. The lowest BCUT2D eigenvalue weighted by Gasteiger charge is -2.24. The molecule has 26 heavy (non-hydrogen) atoms. The van der Waals surface area contributed by atoms with Crippen LogP contribution in [-0.4, -0.2) is 41.3 Å². The first-order chi connectivity index (χ1) is 12.6. The second kappa shape index (κ2) is 5.59. The highest BCUT2D eigenvalue weighted by atomic mass is 16.6. The Balaban J connectivity index is 1.36. The number of carbonyl (C=O) groups excluding carboxylic acids is 1. The first-order valence-corrected chi connectivity index (χ1v) is 8.99. The van der Waals surface area contributed by atoms with Crippen LogP contribution >= 0.6 is 0 Å². The van der Waals surface area contributed by atoms with E-state index in [1.54, 1.807) is 0 Å². The van der Waals surface area contributed by atoms with E-state index in [1.807, 2.05) is 24.3 Å². The van der Waals surface area contributed by atoms with Gasteiger partial charge in [0, 0.05) is 12.5 Å². The van der Waals surface area contributed by atoms with E-state index in [0.717, 1.165) is 17.5 Å². The van der Waals surface area contributed by atoms with Gasteiger partial charge < -0.3 is 9.84 Å². The second-order valence-corrected chi connectivity index (χ2v) is 7.40. The molecule has 5 heteroatoms. The molecule has 0 unspecified atom stereocenters. The Kier molecular flexibility index (Phi) is 3.32. The van der Waals surface area contributed by atoms with Crippen LogP contribution in [0, 0.1) is 11.8 Å². The average molecular weight is 349 g/mol. The van der Waals surface area contributed by atoms with Crippen molar-refractivity contribution in [3.05, 3.63) is 59.7 Å². The zero-order valence-electron chi connectivity index (χ0n) is 14.2. The van der Waals surface area contributed by atoms with Crippen LogP contribution in [0.25, 0.3) is 11.1 Å². The Hall–Kier alpha value is -2.82. The molecule has 3 atom stereocenters. The van der Waals surface area contributed by atoms with Crippen molar-refractivity contribution in [1.82, 2.24) is 4.90 Å². The summed E-state index contributed by atoms with van der Waals surface area (Å²) in [5.41, 5.74) is 4.66. The van der Waals surface area contributed by atoms with Gasteiger partial charge in [-0.3, -0.25) is 4.90 Å². The molecule has 2 aliphatic carbocycles. The van der Waals surface area contributed by atoms with Crippen molar-refractivity contribution < 1.29 is 19.4 Å². The van der Waals surface area contributed by atoms with Crippen LogP contribution in [0.4, 0.5) is 4.79 Å². The van der Waals surface area contributed by atoms with Crippen molar-refractivity contribution in [2.45, 2.75) is 18.4 Å². The molecule has 1 aliphatic heterocycles. The Labute approximate surface area is 151 Å². The summed E-state index contributed by atoms with van der Waals surface area (Å²) < 4.78 is 5.60. The number of nitrogens with zero attached hydrogens (tertiary/aromatic N) is 1. The molecule has 0 spiro atoms. The van der Waals surface area contributed by atoms with E-state index in [1.165, 1.54) is 16.0 Å². The molecule has 1 saturated heterocycles. The number of rotatable bonds is 3. The van der Waals surface area contributed by atoms with Crippen LogP contribution in [0.1, 0.15) is 23.5 Å². The lowest BCUT2D eigenvalue weighted by Crippen LogP contribution is -2.43. The van der Waals surface area contributed by atoms with Gasteiger partial charge in [-0.1, -0.05) is 48.5 Å². The maximum atomic E-state index is 12.5. The SMILES string of the molecule is O=C(O)[C@@H]1[C@H]2C[C@@H]2CN1C(=O)OCC1c2ccccc2-c2ccccc21. The quantitative estimate of drug-likeness (QED) is 0.923. The van der Waals surface area contributed by atoms with E-state index in [-0.39, 0.29) is 18.4 Å². The van der Waals surface area contributed by atoms with Crippen LogP contribution in [0.15, 0.2) is 48.5 Å². The van der Waals surface area contributed by atoms with Gasteiger partial charge in [0.25, 0.3) is 0 Å². The van der Waals surface area contributed by atoms with Gasteiger partial charge in [-0.25, -0.2) is 9.59 Å². The molecule has 0 aromatic heterocycles. The lowest BCUT2D eigenvalue weighted by atomic mass is 9.98. The van der Waals surface area contributed by atoms with Gasteiger partial charge in [0.2, 0.25) is 0 Å². The second-order valence-electron chi connectivity index (χ2n) is 7.40. The third kappa shape index (κ3) is 2.23. The molecule has 1 amide bonds. The number of amides is 1. The van der Waals surface area contributed by atoms with Gasteiger partial charge in [-0.05, 0) is 40.5 Å². The van der Waals surface area contributed by atoms with E-state index in [2.05, 4.69) is 24.3 Å². The summed E-state index contributed by atoms with van der Waals surface area (Å²) in [6.45, 7) is 0.726. The molecule has 0 radical (unpaired) electrons. The smallest absolute Gasteiger partial charge is 0.410 e. The number of hydrogen-bond donors (Lipinski definition) is 1. The van der Waals surface area contributed by atoms with Gasteiger partial charge in [0.15, 0.2) is 0 Å². The average Bonchev–Trinajstić information content (AvgIpc) is 3.19. The third-order valence-electron chi connectivity index (χ3n) is 5.97. The molecule has 2 aromatic carbocycles. The number of ether oxygens (including phenoxy) is 1. The van der Waals surface area contributed by atoms with E-state index in [9.17, 15) is 14.7 Å².